The van der Waals surface area contributed by atoms with Crippen LogP contribution in [0.25, 0.3) is 21.5 Å². The summed E-state index contributed by atoms with van der Waals surface area (Å²) in [5.74, 6) is -0.178. The third kappa shape index (κ3) is 3.58. The minimum absolute atomic E-state index is 0.128. The topological polar surface area (TPSA) is 90.1 Å². The van der Waals surface area contributed by atoms with Crippen LogP contribution in [0.15, 0.2) is 72.8 Å². The second kappa shape index (κ2) is 6.99. The molecule has 4 aromatic rings. The normalized spacial score (nSPS) is 11.7. The Morgan fingerprint density at radius 3 is 2.63 bits per heavy atom. The van der Waals surface area contributed by atoms with Crippen molar-refractivity contribution >= 4 is 48.1 Å². The van der Waals surface area contributed by atoms with Gasteiger partial charge < -0.3 is 4.42 Å². The summed E-state index contributed by atoms with van der Waals surface area (Å²) in [6.07, 6.45) is 1.28. The molecule has 136 valence electrons. The van der Waals surface area contributed by atoms with Gasteiger partial charge in [-0.15, -0.1) is 10.2 Å². The molecule has 2 aromatic heterocycles. The van der Waals surface area contributed by atoms with Gasteiger partial charge in [-0.25, -0.2) is 8.42 Å². The minimum Gasteiger partial charge on any atom is -0.463 e. The standard InChI is InChI=1S/C18H11BrN2O4S2/c19-12-6-7-13-15(8-12)25-9-14(16(13)22)17-20-21-18(26-17)27(23,24)10-11-4-2-1-3-5-11/h1-9H,10H2. The number of rotatable bonds is 4. The van der Waals surface area contributed by atoms with Gasteiger partial charge in [0.1, 0.15) is 11.8 Å². The van der Waals surface area contributed by atoms with E-state index in [-0.39, 0.29) is 26.1 Å². The Morgan fingerprint density at radius 1 is 1.07 bits per heavy atom. The van der Waals surface area contributed by atoms with Crippen molar-refractivity contribution < 1.29 is 12.8 Å². The average Bonchev–Trinajstić information content (AvgIpc) is 3.13. The Morgan fingerprint density at radius 2 is 1.85 bits per heavy atom. The summed E-state index contributed by atoms with van der Waals surface area (Å²) in [5, 5.41) is 8.28. The Bertz CT molecular complexity index is 1300. The van der Waals surface area contributed by atoms with Crippen molar-refractivity contribution in [3.63, 3.8) is 0 Å². The predicted molar refractivity (Wildman–Crippen MR) is 106 cm³/mol. The van der Waals surface area contributed by atoms with Gasteiger partial charge in [0, 0.05) is 4.47 Å². The molecule has 0 spiro atoms. The fourth-order valence-electron chi connectivity index (χ4n) is 2.55. The van der Waals surface area contributed by atoms with Gasteiger partial charge >= 0.3 is 0 Å². The van der Waals surface area contributed by atoms with Gasteiger partial charge in [0.15, 0.2) is 5.01 Å². The summed E-state index contributed by atoms with van der Waals surface area (Å²) >= 11 is 4.18. The zero-order valence-corrected chi connectivity index (χ0v) is 16.8. The van der Waals surface area contributed by atoms with Gasteiger partial charge in [-0.3, -0.25) is 4.79 Å². The van der Waals surface area contributed by atoms with Crippen LogP contribution in [0.1, 0.15) is 5.56 Å². The first-order valence-corrected chi connectivity index (χ1v) is 11.0. The van der Waals surface area contributed by atoms with Crippen LogP contribution in [-0.4, -0.2) is 18.6 Å². The van der Waals surface area contributed by atoms with E-state index in [4.69, 9.17) is 4.42 Å². The molecule has 0 saturated carbocycles. The molecule has 0 aliphatic heterocycles. The fraction of sp³-hybridized carbons (Fsp3) is 0.0556. The van der Waals surface area contributed by atoms with Crippen LogP contribution in [-0.2, 0) is 15.6 Å². The molecule has 0 fully saturated rings. The molecule has 2 aromatic carbocycles. The van der Waals surface area contributed by atoms with E-state index in [9.17, 15) is 13.2 Å². The van der Waals surface area contributed by atoms with E-state index >= 15 is 0 Å². The summed E-state index contributed by atoms with van der Waals surface area (Å²) in [4.78, 5) is 12.7. The van der Waals surface area contributed by atoms with Crippen LogP contribution in [0.3, 0.4) is 0 Å². The lowest BCUT2D eigenvalue weighted by Gasteiger charge is -2.00. The summed E-state index contributed by atoms with van der Waals surface area (Å²) in [6, 6.07) is 13.9. The number of aromatic nitrogens is 2. The van der Waals surface area contributed by atoms with E-state index in [1.807, 2.05) is 6.07 Å². The molecule has 0 atom stereocenters. The van der Waals surface area contributed by atoms with E-state index in [2.05, 4.69) is 26.1 Å². The lowest BCUT2D eigenvalue weighted by Crippen LogP contribution is -2.04. The first-order valence-electron chi connectivity index (χ1n) is 7.76. The van der Waals surface area contributed by atoms with Gasteiger partial charge in [-0.1, -0.05) is 57.6 Å². The molecule has 9 heteroatoms. The molecular weight excluding hydrogens is 452 g/mol. The monoisotopic (exact) mass is 462 g/mol. The summed E-state index contributed by atoms with van der Waals surface area (Å²) in [7, 11) is -3.66. The Hall–Kier alpha value is -2.36. The van der Waals surface area contributed by atoms with Crippen molar-refractivity contribution in [3.05, 3.63) is 75.1 Å². The van der Waals surface area contributed by atoms with Crippen molar-refractivity contribution in [1.82, 2.24) is 10.2 Å². The number of fused-ring (bicyclic) bond motifs is 1. The van der Waals surface area contributed by atoms with Crippen molar-refractivity contribution in [3.8, 4) is 10.6 Å². The molecule has 4 rings (SSSR count). The summed E-state index contributed by atoms with van der Waals surface area (Å²) in [6.45, 7) is 0. The van der Waals surface area contributed by atoms with E-state index in [0.717, 1.165) is 15.8 Å². The highest BCUT2D eigenvalue weighted by molar-refractivity contribution is 9.10. The Balaban J connectivity index is 1.72. The first-order chi connectivity index (χ1) is 12.9. The van der Waals surface area contributed by atoms with Gasteiger partial charge in [0.2, 0.25) is 19.6 Å². The van der Waals surface area contributed by atoms with Crippen molar-refractivity contribution in [1.29, 1.82) is 0 Å². The highest BCUT2D eigenvalue weighted by atomic mass is 79.9. The van der Waals surface area contributed by atoms with Crippen molar-refractivity contribution in [2.75, 3.05) is 0 Å². The molecule has 6 nitrogen and oxygen atoms in total. The third-order valence-electron chi connectivity index (χ3n) is 3.84. The summed E-state index contributed by atoms with van der Waals surface area (Å²) < 4.78 is 31.3. The smallest absolute Gasteiger partial charge is 0.233 e. The number of benzene rings is 2. The number of hydrogen-bond acceptors (Lipinski definition) is 7. The predicted octanol–water partition coefficient (Wildman–Crippen LogP) is 4.05. The molecule has 0 aliphatic rings. The van der Waals surface area contributed by atoms with Crippen LogP contribution >= 0.6 is 27.3 Å². The van der Waals surface area contributed by atoms with E-state index < -0.39 is 9.84 Å². The molecule has 27 heavy (non-hydrogen) atoms. The van der Waals surface area contributed by atoms with E-state index in [1.165, 1.54) is 6.26 Å². The van der Waals surface area contributed by atoms with Gasteiger partial charge in [-0.2, -0.15) is 0 Å². The Kier molecular flexibility index (Phi) is 4.67. The quantitative estimate of drug-likeness (QED) is 0.454. The second-order valence-corrected chi connectivity index (χ2v) is 9.79. The second-order valence-electron chi connectivity index (χ2n) is 5.74. The molecule has 0 aliphatic carbocycles. The lowest BCUT2D eigenvalue weighted by molar-refractivity contribution is 0.593. The third-order valence-corrected chi connectivity index (χ3v) is 7.42. The summed E-state index contributed by atoms with van der Waals surface area (Å²) in [5.41, 5.74) is 0.986. The fourth-order valence-corrected chi connectivity index (χ4v) is 5.31. The highest BCUT2D eigenvalue weighted by Crippen LogP contribution is 2.28. The molecule has 0 saturated heterocycles. The average molecular weight is 463 g/mol. The molecule has 2 heterocycles. The first kappa shape index (κ1) is 18.0. The lowest BCUT2D eigenvalue weighted by atomic mass is 10.2. The number of nitrogens with zero attached hydrogens (tertiary/aromatic N) is 2. The van der Waals surface area contributed by atoms with Crippen LogP contribution in [0, 0.1) is 0 Å². The molecule has 0 amide bonds. The van der Waals surface area contributed by atoms with Crippen molar-refractivity contribution in [2.45, 2.75) is 10.1 Å². The van der Waals surface area contributed by atoms with Crippen LogP contribution in [0.5, 0.6) is 0 Å². The largest absolute Gasteiger partial charge is 0.463 e. The zero-order valence-electron chi connectivity index (χ0n) is 13.6. The molecule has 0 N–H and O–H groups in total. The number of halogens is 1. The Labute approximate surface area is 166 Å². The molecule has 0 unspecified atom stereocenters. The van der Waals surface area contributed by atoms with E-state index in [1.54, 1.807) is 42.5 Å². The van der Waals surface area contributed by atoms with Gasteiger partial charge in [0.25, 0.3) is 0 Å². The SMILES string of the molecule is O=c1c(-c2nnc(S(=O)(=O)Cc3ccccc3)s2)coc2cc(Br)ccc12. The molecular formula is C18H11BrN2O4S2. The number of sulfone groups is 1. The minimum atomic E-state index is -3.66. The molecule has 0 radical (unpaired) electrons. The maximum absolute atomic E-state index is 12.7. The van der Waals surface area contributed by atoms with Crippen LogP contribution in [0.4, 0.5) is 0 Å². The molecule has 0 bridgehead atoms. The van der Waals surface area contributed by atoms with Gasteiger partial charge in [-0.05, 0) is 23.8 Å². The zero-order chi connectivity index (χ0) is 19.0. The van der Waals surface area contributed by atoms with E-state index in [0.29, 0.717) is 16.5 Å². The number of hydrogen-bond donors (Lipinski definition) is 0. The maximum atomic E-state index is 12.7. The van der Waals surface area contributed by atoms with Crippen LogP contribution in [0.2, 0.25) is 0 Å². The van der Waals surface area contributed by atoms with Crippen molar-refractivity contribution in [2.24, 2.45) is 0 Å². The maximum Gasteiger partial charge on any atom is 0.233 e. The van der Waals surface area contributed by atoms with Gasteiger partial charge in [0.05, 0.1) is 16.7 Å². The highest BCUT2D eigenvalue weighted by Gasteiger charge is 2.23. The van der Waals surface area contributed by atoms with Crippen LogP contribution < -0.4 is 5.43 Å².